The van der Waals surface area contributed by atoms with Crippen molar-refractivity contribution < 1.29 is 4.42 Å². The van der Waals surface area contributed by atoms with E-state index in [0.717, 1.165) is 22.1 Å². The van der Waals surface area contributed by atoms with Crippen LogP contribution < -0.4 is 0 Å². The second-order valence-electron chi connectivity index (χ2n) is 18.7. The van der Waals surface area contributed by atoms with Gasteiger partial charge in [-0.05, 0) is 124 Å². The Morgan fingerprint density at radius 3 is 1.71 bits per heavy atom. The van der Waals surface area contributed by atoms with Crippen molar-refractivity contribution in [3.8, 4) is 39.1 Å². The summed E-state index contributed by atoms with van der Waals surface area (Å²) in [7, 11) is 0. The number of rotatable bonds is 3. The molecule has 0 saturated heterocycles. The van der Waals surface area contributed by atoms with Gasteiger partial charge in [-0.3, -0.25) is 0 Å². The maximum atomic E-state index is 7.01. The molecule has 0 amide bonds. The van der Waals surface area contributed by atoms with Gasteiger partial charge < -0.3 is 8.98 Å². The average molecular weight is 826 g/mol. The van der Waals surface area contributed by atoms with Crippen molar-refractivity contribution in [1.82, 2.24) is 4.57 Å². The van der Waals surface area contributed by atoms with Gasteiger partial charge in [0.05, 0.1) is 11.0 Å². The standard InChI is InChI=1S/C63H39NO/c1-63(2)52-25-11-10-18-41(52)46-31-32-47-51-34-38(29-33-53(51)64(61(47)60(46)63)40-16-4-3-5-17-40)55-42-19-6-8-21-44(42)56(45-22-9-7-20-43(45)55)39-28-30-48-54(35-39)65-62-50-24-13-15-37-27-26-36-14-12-23-49(59(48)62)57(36)58(37)50/h3-35H,1-2H3. The molecule has 0 bridgehead atoms. The van der Waals surface area contributed by atoms with Crippen LogP contribution >= 0.6 is 0 Å². The van der Waals surface area contributed by atoms with E-state index in [1.807, 2.05) is 0 Å². The number of benzene rings is 12. The van der Waals surface area contributed by atoms with Gasteiger partial charge in [-0.1, -0.05) is 178 Å². The Morgan fingerprint density at radius 1 is 0.400 bits per heavy atom. The number of hydrogen-bond acceptors (Lipinski definition) is 1. The molecule has 2 heteroatoms. The van der Waals surface area contributed by atoms with E-state index in [-0.39, 0.29) is 5.41 Å². The van der Waals surface area contributed by atoms with Crippen LogP contribution in [0.5, 0.6) is 0 Å². The molecule has 1 aliphatic carbocycles. The summed E-state index contributed by atoms with van der Waals surface area (Å²) in [5.41, 5.74) is 15.7. The molecule has 0 spiro atoms. The Labute approximate surface area is 374 Å². The van der Waals surface area contributed by atoms with E-state index in [2.05, 4.69) is 219 Å². The minimum atomic E-state index is -0.164. The van der Waals surface area contributed by atoms with E-state index in [1.165, 1.54) is 126 Å². The van der Waals surface area contributed by atoms with Crippen LogP contribution in [-0.2, 0) is 5.41 Å². The van der Waals surface area contributed by atoms with E-state index in [0.29, 0.717) is 0 Å². The first-order valence-corrected chi connectivity index (χ1v) is 22.8. The molecular formula is C63H39NO. The summed E-state index contributed by atoms with van der Waals surface area (Å²) in [4.78, 5) is 0. The largest absolute Gasteiger partial charge is 0.455 e. The maximum absolute atomic E-state index is 7.01. The van der Waals surface area contributed by atoms with Crippen LogP contribution in [-0.4, -0.2) is 4.57 Å². The predicted octanol–water partition coefficient (Wildman–Crippen LogP) is 17.5. The summed E-state index contributed by atoms with van der Waals surface area (Å²) in [6.07, 6.45) is 0. The first-order chi connectivity index (χ1) is 32.0. The normalized spacial score (nSPS) is 13.5. The average Bonchev–Trinajstić information content (AvgIpc) is 3.98. The summed E-state index contributed by atoms with van der Waals surface area (Å²) in [6.45, 7) is 4.79. The molecule has 0 fully saturated rings. The van der Waals surface area contributed by atoms with Gasteiger partial charge in [-0.15, -0.1) is 0 Å². The number of hydrogen-bond donors (Lipinski definition) is 0. The van der Waals surface area contributed by atoms with Crippen molar-refractivity contribution >= 4 is 97.6 Å². The third-order valence-electron chi connectivity index (χ3n) is 15.1. The lowest BCUT2D eigenvalue weighted by atomic mass is 9.81. The quantitative estimate of drug-likeness (QED) is 0.128. The topological polar surface area (TPSA) is 18.1 Å². The van der Waals surface area contributed by atoms with Gasteiger partial charge in [0, 0.05) is 43.4 Å². The van der Waals surface area contributed by atoms with Crippen LogP contribution in [0.2, 0.25) is 0 Å². The van der Waals surface area contributed by atoms with Crippen LogP contribution in [0.4, 0.5) is 0 Å². The van der Waals surface area contributed by atoms with Crippen LogP contribution in [0.1, 0.15) is 25.0 Å². The molecule has 0 saturated carbocycles. The predicted molar refractivity (Wildman–Crippen MR) is 275 cm³/mol. The number of nitrogens with zero attached hydrogens (tertiary/aromatic N) is 1. The lowest BCUT2D eigenvalue weighted by Crippen LogP contribution is -2.16. The zero-order chi connectivity index (χ0) is 42.7. The van der Waals surface area contributed by atoms with Crippen LogP contribution in [0.3, 0.4) is 0 Å². The Bertz CT molecular complexity index is 4310. The fourth-order valence-electron chi connectivity index (χ4n) is 12.4. The van der Waals surface area contributed by atoms with Crippen molar-refractivity contribution in [3.63, 3.8) is 0 Å². The Morgan fingerprint density at radius 2 is 0.985 bits per heavy atom. The SMILES string of the molecule is CC1(C)c2ccccc2-c2ccc3c4cc(-c5c6ccccc6c(-c6ccc7c(c6)oc6c8cccc9ccc%10cccc(c76)c%10c98)c6ccccc56)ccc4n(-c4ccccc4)c3c21. The van der Waals surface area contributed by atoms with Crippen molar-refractivity contribution in [2.75, 3.05) is 0 Å². The van der Waals surface area contributed by atoms with E-state index >= 15 is 0 Å². The van der Waals surface area contributed by atoms with Gasteiger partial charge >= 0.3 is 0 Å². The van der Waals surface area contributed by atoms with Crippen molar-refractivity contribution in [2.24, 2.45) is 0 Å². The van der Waals surface area contributed by atoms with Gasteiger partial charge in [0.1, 0.15) is 11.2 Å². The summed E-state index contributed by atoms with van der Waals surface area (Å²) < 4.78 is 9.53. The molecule has 65 heavy (non-hydrogen) atoms. The molecule has 302 valence electrons. The summed E-state index contributed by atoms with van der Waals surface area (Å²) in [5.74, 6) is 0. The molecule has 0 N–H and O–H groups in total. The molecule has 0 radical (unpaired) electrons. The van der Waals surface area contributed by atoms with Crippen molar-refractivity contribution in [1.29, 1.82) is 0 Å². The third-order valence-corrected chi connectivity index (χ3v) is 15.1. The van der Waals surface area contributed by atoms with Gasteiger partial charge in [0.2, 0.25) is 0 Å². The van der Waals surface area contributed by atoms with Crippen molar-refractivity contribution in [3.05, 3.63) is 211 Å². The minimum Gasteiger partial charge on any atom is -0.455 e. The molecule has 15 rings (SSSR count). The summed E-state index contributed by atoms with van der Waals surface area (Å²) in [6, 6.07) is 74.5. The van der Waals surface area contributed by atoms with Gasteiger partial charge in [-0.2, -0.15) is 0 Å². The first-order valence-electron chi connectivity index (χ1n) is 22.8. The second-order valence-corrected chi connectivity index (χ2v) is 18.7. The van der Waals surface area contributed by atoms with E-state index in [4.69, 9.17) is 4.42 Å². The highest BCUT2D eigenvalue weighted by Gasteiger charge is 2.38. The third kappa shape index (κ3) is 4.53. The molecule has 1 aliphatic rings. The zero-order valence-corrected chi connectivity index (χ0v) is 35.9. The number of furan rings is 1. The highest BCUT2D eigenvalue weighted by molar-refractivity contribution is 6.36. The number of para-hydroxylation sites is 1. The Kier molecular flexibility index (Phi) is 6.78. The second kappa shape index (κ2) is 12.5. The highest BCUT2D eigenvalue weighted by Crippen LogP contribution is 2.54. The van der Waals surface area contributed by atoms with Crippen LogP contribution in [0.25, 0.3) is 137 Å². The monoisotopic (exact) mass is 825 g/mol. The Hall–Kier alpha value is -8.20. The molecule has 0 unspecified atom stereocenters. The molecule has 12 aromatic carbocycles. The molecule has 2 nitrogen and oxygen atoms in total. The lowest BCUT2D eigenvalue weighted by molar-refractivity contribution is 0.664. The Balaban J connectivity index is 0.983. The summed E-state index contributed by atoms with van der Waals surface area (Å²) >= 11 is 0. The summed E-state index contributed by atoms with van der Waals surface area (Å²) in [5, 5.41) is 17.3. The van der Waals surface area contributed by atoms with Crippen LogP contribution in [0.15, 0.2) is 205 Å². The molecule has 14 aromatic rings. The number of fused-ring (bicyclic) bond motifs is 14. The minimum absolute atomic E-state index is 0.164. The fraction of sp³-hybridized carbons (Fsp3) is 0.0476. The molecule has 0 aliphatic heterocycles. The maximum Gasteiger partial charge on any atom is 0.143 e. The zero-order valence-electron chi connectivity index (χ0n) is 35.9. The smallest absolute Gasteiger partial charge is 0.143 e. The molecule has 2 aromatic heterocycles. The van der Waals surface area contributed by atoms with E-state index < -0.39 is 0 Å². The van der Waals surface area contributed by atoms with Crippen molar-refractivity contribution in [2.45, 2.75) is 19.3 Å². The molecule has 2 heterocycles. The van der Waals surface area contributed by atoms with Gasteiger partial charge in [0.15, 0.2) is 0 Å². The molecular weight excluding hydrogens is 787 g/mol. The first kappa shape index (κ1) is 35.3. The van der Waals surface area contributed by atoms with Crippen LogP contribution in [0, 0.1) is 0 Å². The molecule has 0 atom stereocenters. The van der Waals surface area contributed by atoms with E-state index in [1.54, 1.807) is 0 Å². The lowest BCUT2D eigenvalue weighted by Gasteiger charge is -2.23. The van der Waals surface area contributed by atoms with Gasteiger partial charge in [0.25, 0.3) is 0 Å². The van der Waals surface area contributed by atoms with E-state index in [9.17, 15) is 0 Å². The van der Waals surface area contributed by atoms with Gasteiger partial charge in [-0.25, -0.2) is 0 Å². The number of aromatic nitrogens is 1. The fourth-order valence-corrected chi connectivity index (χ4v) is 12.4. The highest BCUT2D eigenvalue weighted by atomic mass is 16.3.